The first kappa shape index (κ1) is 18.4. The number of carboxylic acids is 1. The lowest BCUT2D eigenvalue weighted by Crippen LogP contribution is -2.38. The lowest BCUT2D eigenvalue weighted by molar-refractivity contribution is -0.139. The van der Waals surface area contributed by atoms with Gasteiger partial charge in [0.05, 0.1) is 19.2 Å². The van der Waals surface area contributed by atoms with Crippen LogP contribution >= 0.6 is 0 Å². The Balaban J connectivity index is 1.78. The molecule has 3 N–H and O–H groups in total. The van der Waals surface area contributed by atoms with Gasteiger partial charge in [-0.25, -0.2) is 9.78 Å². The van der Waals surface area contributed by atoms with Gasteiger partial charge in [0.1, 0.15) is 22.9 Å². The van der Waals surface area contributed by atoms with Crippen LogP contribution in [0.4, 0.5) is 0 Å². The van der Waals surface area contributed by atoms with E-state index in [1.54, 1.807) is 30.3 Å². The van der Waals surface area contributed by atoms with Gasteiger partial charge in [0.2, 0.25) is 5.89 Å². The Morgan fingerprint density at radius 1 is 1.26 bits per heavy atom. The summed E-state index contributed by atoms with van der Waals surface area (Å²) >= 11 is 0. The number of carbonyl (C=O) groups is 1. The van der Waals surface area contributed by atoms with Crippen LogP contribution in [0.15, 0.2) is 51.7 Å². The van der Waals surface area contributed by atoms with Crippen molar-refractivity contribution in [3.63, 3.8) is 0 Å². The van der Waals surface area contributed by atoms with E-state index in [4.69, 9.17) is 9.15 Å². The molecule has 0 spiro atoms. The summed E-state index contributed by atoms with van der Waals surface area (Å²) in [7, 11) is 1.45. The third kappa shape index (κ3) is 4.24. The SMILES string of the molecule is COc1cccc2nc(CN[C@@H](Cc3ccc(O)cc3)C(=O)O)oc(=O)c12. The molecule has 1 atom stereocenters. The van der Waals surface area contributed by atoms with E-state index in [0.29, 0.717) is 11.3 Å². The largest absolute Gasteiger partial charge is 0.508 e. The molecule has 0 fully saturated rings. The Bertz CT molecular complexity index is 1010. The summed E-state index contributed by atoms with van der Waals surface area (Å²) in [6, 6.07) is 10.4. The number of hydrogen-bond donors (Lipinski definition) is 3. The second-order valence-corrected chi connectivity index (χ2v) is 5.89. The fourth-order valence-electron chi connectivity index (χ4n) is 2.70. The molecule has 8 nitrogen and oxygen atoms in total. The summed E-state index contributed by atoms with van der Waals surface area (Å²) in [6.07, 6.45) is 0.196. The van der Waals surface area contributed by atoms with Crippen molar-refractivity contribution in [2.24, 2.45) is 0 Å². The standard InChI is InChI=1S/C19H18N2O6/c1-26-15-4-2-3-13-17(15)19(25)27-16(21-13)10-20-14(18(23)24)9-11-5-7-12(22)8-6-11/h2-8,14,20,22H,9-10H2,1H3,(H,23,24)/t14-/m0/s1. The molecule has 0 bridgehead atoms. The van der Waals surface area contributed by atoms with Crippen LogP contribution in [0.5, 0.6) is 11.5 Å². The quantitative estimate of drug-likeness (QED) is 0.574. The van der Waals surface area contributed by atoms with Crippen LogP contribution in [0.1, 0.15) is 11.5 Å². The summed E-state index contributed by atoms with van der Waals surface area (Å²) in [5.74, 6) is -0.495. The van der Waals surface area contributed by atoms with Crippen LogP contribution in [-0.2, 0) is 17.8 Å². The molecule has 0 unspecified atom stereocenters. The number of phenolic OH excluding ortho intramolecular Hbond substituents is 1. The molecule has 140 valence electrons. The monoisotopic (exact) mass is 370 g/mol. The van der Waals surface area contributed by atoms with Crippen molar-refractivity contribution in [3.8, 4) is 11.5 Å². The Hall–Kier alpha value is -3.39. The van der Waals surface area contributed by atoms with Crippen LogP contribution in [0.2, 0.25) is 0 Å². The zero-order chi connectivity index (χ0) is 19.4. The summed E-state index contributed by atoms with van der Waals surface area (Å²) in [5, 5.41) is 21.8. The zero-order valence-electron chi connectivity index (χ0n) is 14.5. The smallest absolute Gasteiger partial charge is 0.350 e. The van der Waals surface area contributed by atoms with Gasteiger partial charge in [-0.05, 0) is 36.2 Å². The predicted octanol–water partition coefficient (Wildman–Crippen LogP) is 1.69. The number of benzene rings is 2. The molecule has 0 amide bonds. The molecule has 0 aliphatic rings. The molecule has 0 radical (unpaired) electrons. The molecule has 8 heteroatoms. The number of nitrogens with one attached hydrogen (secondary N) is 1. The lowest BCUT2D eigenvalue weighted by atomic mass is 10.1. The Kier molecular flexibility index (Phi) is 5.37. The molecule has 0 aliphatic carbocycles. The third-order valence-electron chi connectivity index (χ3n) is 4.06. The zero-order valence-corrected chi connectivity index (χ0v) is 14.5. The number of fused-ring (bicyclic) bond motifs is 1. The normalized spacial score (nSPS) is 12.0. The molecular formula is C19H18N2O6. The van der Waals surface area contributed by atoms with E-state index in [9.17, 15) is 19.8 Å². The highest BCUT2D eigenvalue weighted by Gasteiger charge is 2.19. The molecule has 0 aliphatic heterocycles. The van der Waals surface area contributed by atoms with Crippen LogP contribution in [-0.4, -0.2) is 34.3 Å². The van der Waals surface area contributed by atoms with Crippen molar-refractivity contribution in [2.75, 3.05) is 7.11 Å². The van der Waals surface area contributed by atoms with E-state index in [2.05, 4.69) is 10.3 Å². The number of phenols is 1. The molecule has 0 saturated carbocycles. The van der Waals surface area contributed by atoms with Gasteiger partial charge in [0.25, 0.3) is 0 Å². The average Bonchev–Trinajstić information content (AvgIpc) is 2.65. The molecular weight excluding hydrogens is 352 g/mol. The van der Waals surface area contributed by atoms with E-state index in [1.807, 2.05) is 0 Å². The van der Waals surface area contributed by atoms with E-state index in [-0.39, 0.29) is 30.0 Å². The van der Waals surface area contributed by atoms with Gasteiger partial charge in [-0.3, -0.25) is 10.1 Å². The van der Waals surface area contributed by atoms with E-state index in [1.165, 1.54) is 19.2 Å². The molecule has 2 aromatic carbocycles. The van der Waals surface area contributed by atoms with Crippen LogP contribution < -0.4 is 15.7 Å². The van der Waals surface area contributed by atoms with Gasteiger partial charge in [-0.2, -0.15) is 0 Å². The Morgan fingerprint density at radius 3 is 2.67 bits per heavy atom. The van der Waals surface area contributed by atoms with Crippen molar-refractivity contribution in [2.45, 2.75) is 19.0 Å². The maximum atomic E-state index is 12.2. The maximum Gasteiger partial charge on any atom is 0.350 e. The first-order valence-electron chi connectivity index (χ1n) is 8.18. The first-order valence-corrected chi connectivity index (χ1v) is 8.18. The Morgan fingerprint density at radius 2 is 2.00 bits per heavy atom. The van der Waals surface area contributed by atoms with Crippen molar-refractivity contribution in [1.82, 2.24) is 10.3 Å². The summed E-state index contributed by atoms with van der Waals surface area (Å²) in [6.45, 7) is -0.0303. The fourth-order valence-corrected chi connectivity index (χ4v) is 2.70. The second-order valence-electron chi connectivity index (χ2n) is 5.89. The van der Waals surface area contributed by atoms with Crippen LogP contribution in [0.3, 0.4) is 0 Å². The van der Waals surface area contributed by atoms with Gasteiger partial charge in [-0.15, -0.1) is 0 Å². The van der Waals surface area contributed by atoms with Gasteiger partial charge in [-0.1, -0.05) is 18.2 Å². The van der Waals surface area contributed by atoms with E-state index >= 15 is 0 Å². The van der Waals surface area contributed by atoms with E-state index in [0.717, 1.165) is 5.56 Å². The topological polar surface area (TPSA) is 122 Å². The van der Waals surface area contributed by atoms with Gasteiger partial charge >= 0.3 is 11.6 Å². The van der Waals surface area contributed by atoms with Crippen molar-refractivity contribution < 1.29 is 24.2 Å². The third-order valence-corrected chi connectivity index (χ3v) is 4.06. The highest BCUT2D eigenvalue weighted by atomic mass is 16.5. The number of ether oxygens (including phenoxy) is 1. The van der Waals surface area contributed by atoms with Crippen LogP contribution in [0, 0.1) is 0 Å². The number of aromatic hydroxyl groups is 1. The minimum Gasteiger partial charge on any atom is -0.508 e. The minimum atomic E-state index is -1.05. The van der Waals surface area contributed by atoms with Crippen LogP contribution in [0.25, 0.3) is 10.9 Å². The number of hydrogen-bond acceptors (Lipinski definition) is 7. The average molecular weight is 370 g/mol. The summed E-state index contributed by atoms with van der Waals surface area (Å²) < 4.78 is 10.3. The molecule has 0 saturated heterocycles. The number of carboxylic acid groups (broad SMARTS) is 1. The molecule has 3 rings (SSSR count). The van der Waals surface area contributed by atoms with Gasteiger partial charge in [0.15, 0.2) is 0 Å². The van der Waals surface area contributed by atoms with Crippen molar-refractivity contribution >= 4 is 16.9 Å². The molecule has 3 aromatic rings. The fraction of sp³-hybridized carbons (Fsp3) is 0.211. The number of aromatic nitrogens is 1. The number of rotatable bonds is 7. The maximum absolute atomic E-state index is 12.2. The predicted molar refractivity (Wildman–Crippen MR) is 96.9 cm³/mol. The molecule has 27 heavy (non-hydrogen) atoms. The highest BCUT2D eigenvalue weighted by molar-refractivity contribution is 5.83. The highest BCUT2D eigenvalue weighted by Crippen LogP contribution is 2.20. The minimum absolute atomic E-state index is 0.0303. The van der Waals surface area contributed by atoms with Gasteiger partial charge < -0.3 is 19.4 Å². The van der Waals surface area contributed by atoms with Crippen molar-refractivity contribution in [3.05, 3.63) is 64.3 Å². The number of nitrogens with zero attached hydrogens (tertiary/aromatic N) is 1. The number of methoxy groups -OCH3 is 1. The van der Waals surface area contributed by atoms with E-state index < -0.39 is 17.6 Å². The summed E-state index contributed by atoms with van der Waals surface area (Å²) in [4.78, 5) is 28.0. The Labute approximate surface area is 154 Å². The molecule has 1 aromatic heterocycles. The first-order chi connectivity index (χ1) is 13.0. The van der Waals surface area contributed by atoms with Gasteiger partial charge in [0, 0.05) is 0 Å². The molecule has 1 heterocycles. The van der Waals surface area contributed by atoms with Crippen molar-refractivity contribution in [1.29, 1.82) is 0 Å². The summed E-state index contributed by atoms with van der Waals surface area (Å²) in [5.41, 5.74) is 0.554. The second kappa shape index (κ2) is 7.88. The number of aliphatic carboxylic acids is 1. The lowest BCUT2D eigenvalue weighted by Gasteiger charge is -2.14.